The van der Waals surface area contributed by atoms with Crippen LogP contribution in [0.3, 0.4) is 0 Å². The van der Waals surface area contributed by atoms with Crippen molar-refractivity contribution in [3.8, 4) is 11.3 Å². The second-order valence-corrected chi connectivity index (χ2v) is 9.75. The molecule has 1 aliphatic rings. The standard InChI is InChI=1S/C31H33N3O3/c1-21(2)37-19-11-18-32-27(35)20-34-30(23-14-7-8-15-24(23)31(34)36)28-25-16-9-10-17-26(25)33(3)29(28)22-12-5-4-6-13-22/h4-10,12-17,21,30H,11,18-20H2,1-3H3,(H,32,35)/t30-/m0/s1. The number of amides is 2. The van der Waals surface area contributed by atoms with E-state index in [2.05, 4.69) is 41.2 Å². The van der Waals surface area contributed by atoms with E-state index in [1.807, 2.05) is 68.4 Å². The number of nitrogens with zero attached hydrogens (tertiary/aromatic N) is 2. The van der Waals surface area contributed by atoms with E-state index in [0.717, 1.165) is 39.7 Å². The van der Waals surface area contributed by atoms with Crippen molar-refractivity contribution < 1.29 is 14.3 Å². The summed E-state index contributed by atoms with van der Waals surface area (Å²) in [7, 11) is 2.06. The SMILES string of the molecule is CC(C)OCCCNC(=O)CN1C(=O)c2ccccc2[C@H]1c1c(-c2ccccc2)n(C)c2ccccc12. The number of aromatic nitrogens is 1. The van der Waals surface area contributed by atoms with Gasteiger partial charge >= 0.3 is 0 Å². The Labute approximate surface area is 217 Å². The fourth-order valence-corrected chi connectivity index (χ4v) is 5.32. The van der Waals surface area contributed by atoms with Crippen LogP contribution in [-0.2, 0) is 16.6 Å². The molecule has 5 rings (SSSR count). The van der Waals surface area contributed by atoms with Gasteiger partial charge in [0.2, 0.25) is 5.91 Å². The lowest BCUT2D eigenvalue weighted by molar-refractivity contribution is -0.122. The van der Waals surface area contributed by atoms with E-state index >= 15 is 0 Å². The zero-order chi connectivity index (χ0) is 25.9. The number of benzene rings is 3. The van der Waals surface area contributed by atoms with Crippen molar-refractivity contribution in [2.75, 3.05) is 19.7 Å². The van der Waals surface area contributed by atoms with Crippen LogP contribution >= 0.6 is 0 Å². The highest BCUT2D eigenvalue weighted by atomic mass is 16.5. The van der Waals surface area contributed by atoms with E-state index in [-0.39, 0.29) is 30.5 Å². The van der Waals surface area contributed by atoms with Gasteiger partial charge in [-0.15, -0.1) is 0 Å². The maximum atomic E-state index is 13.7. The molecule has 1 aromatic heterocycles. The Bertz CT molecular complexity index is 1420. The van der Waals surface area contributed by atoms with Crippen LogP contribution < -0.4 is 5.32 Å². The van der Waals surface area contributed by atoms with Gasteiger partial charge in [-0.3, -0.25) is 9.59 Å². The average Bonchev–Trinajstić information content (AvgIpc) is 3.35. The van der Waals surface area contributed by atoms with Gasteiger partial charge in [0, 0.05) is 42.2 Å². The quantitative estimate of drug-likeness (QED) is 0.320. The molecule has 1 N–H and O–H groups in total. The zero-order valence-electron chi connectivity index (χ0n) is 21.6. The average molecular weight is 496 g/mol. The van der Waals surface area contributed by atoms with Crippen LogP contribution in [0.4, 0.5) is 0 Å². The highest BCUT2D eigenvalue weighted by Crippen LogP contribution is 2.46. The molecule has 190 valence electrons. The van der Waals surface area contributed by atoms with E-state index in [4.69, 9.17) is 4.74 Å². The van der Waals surface area contributed by atoms with Crippen molar-refractivity contribution in [1.82, 2.24) is 14.8 Å². The first kappa shape index (κ1) is 24.8. The maximum absolute atomic E-state index is 13.7. The molecule has 0 fully saturated rings. The molecule has 0 aliphatic carbocycles. The molecule has 0 spiro atoms. The van der Waals surface area contributed by atoms with Crippen LogP contribution in [0.25, 0.3) is 22.2 Å². The van der Waals surface area contributed by atoms with Crippen LogP contribution in [-0.4, -0.2) is 47.1 Å². The summed E-state index contributed by atoms with van der Waals surface area (Å²) in [5.74, 6) is -0.289. The first-order chi connectivity index (χ1) is 18.0. The number of fused-ring (bicyclic) bond motifs is 2. The Morgan fingerprint density at radius 1 is 0.973 bits per heavy atom. The molecule has 3 aromatic carbocycles. The monoisotopic (exact) mass is 495 g/mol. The Balaban J connectivity index is 1.55. The minimum atomic E-state index is -0.375. The fraction of sp³-hybridized carbons (Fsp3) is 0.290. The molecular weight excluding hydrogens is 462 g/mol. The molecule has 1 aliphatic heterocycles. The van der Waals surface area contributed by atoms with Gasteiger partial charge in [-0.1, -0.05) is 66.7 Å². The molecule has 0 saturated carbocycles. The number of aryl methyl sites for hydroxylation is 1. The van der Waals surface area contributed by atoms with Crippen LogP contribution in [0.1, 0.15) is 47.8 Å². The number of hydrogen-bond acceptors (Lipinski definition) is 3. The minimum Gasteiger partial charge on any atom is -0.379 e. The Morgan fingerprint density at radius 3 is 2.46 bits per heavy atom. The lowest BCUT2D eigenvalue weighted by Gasteiger charge is -2.26. The van der Waals surface area contributed by atoms with Gasteiger partial charge in [-0.05, 0) is 43.5 Å². The van der Waals surface area contributed by atoms with Crippen LogP contribution in [0.2, 0.25) is 0 Å². The zero-order valence-corrected chi connectivity index (χ0v) is 21.6. The fourth-order valence-electron chi connectivity index (χ4n) is 5.32. The normalized spacial score (nSPS) is 15.0. The lowest BCUT2D eigenvalue weighted by atomic mass is 9.93. The topological polar surface area (TPSA) is 63.6 Å². The molecule has 0 bridgehead atoms. The molecule has 6 nitrogen and oxygen atoms in total. The third kappa shape index (κ3) is 4.77. The number of para-hydroxylation sites is 1. The van der Waals surface area contributed by atoms with Crippen molar-refractivity contribution >= 4 is 22.7 Å². The van der Waals surface area contributed by atoms with Crippen LogP contribution in [0.15, 0.2) is 78.9 Å². The third-order valence-corrected chi connectivity index (χ3v) is 6.93. The number of carbonyl (C=O) groups excluding carboxylic acids is 2. The minimum absolute atomic E-state index is 0.0132. The Morgan fingerprint density at radius 2 is 1.68 bits per heavy atom. The molecule has 4 aromatic rings. The van der Waals surface area contributed by atoms with E-state index in [0.29, 0.717) is 18.7 Å². The largest absolute Gasteiger partial charge is 0.379 e. The number of rotatable bonds is 9. The van der Waals surface area contributed by atoms with E-state index in [1.54, 1.807) is 4.90 Å². The molecule has 0 unspecified atom stereocenters. The maximum Gasteiger partial charge on any atom is 0.255 e. The van der Waals surface area contributed by atoms with Gasteiger partial charge in [0.15, 0.2) is 0 Å². The summed E-state index contributed by atoms with van der Waals surface area (Å²) < 4.78 is 7.76. The first-order valence-electron chi connectivity index (χ1n) is 12.9. The van der Waals surface area contributed by atoms with E-state index in [1.165, 1.54) is 0 Å². The number of hydrogen-bond donors (Lipinski definition) is 1. The van der Waals surface area contributed by atoms with Crippen molar-refractivity contribution in [1.29, 1.82) is 0 Å². The summed E-state index contributed by atoms with van der Waals surface area (Å²) in [6.07, 6.45) is 0.889. The number of nitrogens with one attached hydrogen (secondary N) is 1. The summed E-state index contributed by atoms with van der Waals surface area (Å²) >= 11 is 0. The van der Waals surface area contributed by atoms with Crippen molar-refractivity contribution in [3.05, 3.63) is 95.6 Å². The highest BCUT2D eigenvalue weighted by Gasteiger charge is 2.41. The van der Waals surface area contributed by atoms with Crippen molar-refractivity contribution in [2.45, 2.75) is 32.4 Å². The predicted octanol–water partition coefficient (Wildman–Crippen LogP) is 5.32. The summed E-state index contributed by atoms with van der Waals surface area (Å²) in [5, 5.41) is 4.05. The van der Waals surface area contributed by atoms with Gasteiger partial charge in [0.05, 0.1) is 17.8 Å². The molecule has 1 atom stereocenters. The molecule has 2 heterocycles. The second kappa shape index (κ2) is 10.6. The van der Waals surface area contributed by atoms with Crippen LogP contribution in [0, 0.1) is 0 Å². The number of ether oxygens (including phenoxy) is 1. The number of carbonyl (C=O) groups is 2. The molecule has 2 amide bonds. The van der Waals surface area contributed by atoms with E-state index in [9.17, 15) is 9.59 Å². The molecule has 0 saturated heterocycles. The second-order valence-electron chi connectivity index (χ2n) is 9.75. The van der Waals surface area contributed by atoms with Crippen molar-refractivity contribution in [2.24, 2.45) is 7.05 Å². The summed E-state index contributed by atoms with van der Waals surface area (Å²) in [6, 6.07) is 25.9. The Kier molecular flexibility index (Phi) is 7.10. The van der Waals surface area contributed by atoms with Gasteiger partial charge in [0.1, 0.15) is 6.54 Å². The van der Waals surface area contributed by atoms with E-state index < -0.39 is 0 Å². The first-order valence-corrected chi connectivity index (χ1v) is 12.9. The van der Waals surface area contributed by atoms with Gasteiger partial charge in [-0.2, -0.15) is 0 Å². The highest BCUT2D eigenvalue weighted by molar-refractivity contribution is 6.03. The summed E-state index contributed by atoms with van der Waals surface area (Å²) in [4.78, 5) is 28.4. The molecule has 37 heavy (non-hydrogen) atoms. The smallest absolute Gasteiger partial charge is 0.255 e. The molecular formula is C31H33N3O3. The summed E-state index contributed by atoms with van der Waals surface area (Å²) in [6.45, 7) is 5.07. The van der Waals surface area contributed by atoms with Gasteiger partial charge in [-0.25, -0.2) is 0 Å². The predicted molar refractivity (Wildman–Crippen MR) is 146 cm³/mol. The Hall–Kier alpha value is -3.90. The summed E-state index contributed by atoms with van der Waals surface area (Å²) in [5.41, 5.74) is 5.83. The van der Waals surface area contributed by atoms with Gasteiger partial charge < -0.3 is 19.5 Å². The van der Waals surface area contributed by atoms with Gasteiger partial charge in [0.25, 0.3) is 5.91 Å². The molecule has 0 radical (unpaired) electrons. The molecule has 6 heteroatoms. The third-order valence-electron chi connectivity index (χ3n) is 6.93. The lowest BCUT2D eigenvalue weighted by Crippen LogP contribution is -2.40. The van der Waals surface area contributed by atoms with Crippen LogP contribution in [0.5, 0.6) is 0 Å². The van der Waals surface area contributed by atoms with Crippen molar-refractivity contribution in [3.63, 3.8) is 0 Å².